The Labute approximate surface area is 284 Å². The monoisotopic (exact) mass is 722 g/mol. The van der Waals surface area contributed by atoms with Gasteiger partial charge in [0.1, 0.15) is 23.7 Å². The molecule has 5 aromatic rings. The topological polar surface area (TPSA) is 135 Å². The van der Waals surface area contributed by atoms with Crippen molar-refractivity contribution in [2.75, 3.05) is 23.8 Å². The molecule has 0 aliphatic heterocycles. The summed E-state index contributed by atoms with van der Waals surface area (Å²) in [6, 6.07) is 40.5. The summed E-state index contributed by atoms with van der Waals surface area (Å²) in [6.45, 7) is 0. The molecular formula is C36H40N2O6P2S2+2. The van der Waals surface area contributed by atoms with E-state index >= 15 is 0 Å². The summed E-state index contributed by atoms with van der Waals surface area (Å²) < 4.78 is 66.8. The van der Waals surface area contributed by atoms with Crippen LogP contribution < -0.4 is 21.2 Å². The van der Waals surface area contributed by atoms with E-state index in [1.165, 1.54) is 0 Å². The van der Waals surface area contributed by atoms with Gasteiger partial charge in [-0.25, -0.2) is 0 Å². The second kappa shape index (κ2) is 15.9. The Morgan fingerprint density at radius 3 is 0.979 bits per heavy atom. The Kier molecular flexibility index (Phi) is 11.9. The molecule has 4 aromatic carbocycles. The van der Waals surface area contributed by atoms with E-state index in [4.69, 9.17) is 9.97 Å². The Balaban J connectivity index is 1.66. The molecule has 5 rings (SSSR count). The van der Waals surface area contributed by atoms with Crippen LogP contribution in [0.1, 0.15) is 24.2 Å². The molecule has 1 heterocycles. The second-order valence-electron chi connectivity index (χ2n) is 11.8. The second-order valence-corrected chi connectivity index (χ2v) is 22.4. The molecule has 2 N–H and O–H groups in total. The van der Waals surface area contributed by atoms with Gasteiger partial charge in [-0.2, -0.15) is 16.8 Å². The molecule has 0 bridgehead atoms. The molecule has 0 amide bonds. The number of hydrogen-bond acceptors (Lipinski definition) is 6. The fourth-order valence-electron chi connectivity index (χ4n) is 6.40. The van der Waals surface area contributed by atoms with E-state index in [2.05, 4.69) is 48.5 Å². The minimum atomic E-state index is -4.16. The minimum Gasteiger partial charge on any atom is -0.286 e. The predicted molar refractivity (Wildman–Crippen MR) is 199 cm³/mol. The summed E-state index contributed by atoms with van der Waals surface area (Å²) in [4.78, 5) is 9.88. The van der Waals surface area contributed by atoms with Crippen molar-refractivity contribution in [2.24, 2.45) is 0 Å². The third kappa shape index (κ3) is 9.20. The Bertz CT molecular complexity index is 1760. The van der Waals surface area contributed by atoms with Gasteiger partial charge in [0, 0.05) is 12.4 Å². The number of rotatable bonds is 16. The van der Waals surface area contributed by atoms with E-state index in [0.717, 1.165) is 32.6 Å². The highest BCUT2D eigenvalue weighted by atomic mass is 32.2. The zero-order valence-corrected chi connectivity index (χ0v) is 29.9. The maximum Gasteiger partial charge on any atom is 0.264 e. The number of aromatic nitrogens is 2. The van der Waals surface area contributed by atoms with Crippen molar-refractivity contribution in [3.05, 3.63) is 145 Å². The molecule has 48 heavy (non-hydrogen) atoms. The number of nitrogens with zero attached hydrogens (tertiary/aromatic N) is 2. The molecule has 0 fully saturated rings. The molecule has 0 saturated carbocycles. The third-order valence-corrected chi connectivity index (χ3v) is 19.2. The SMILES string of the molecule is O=S(=O)(O)CCC[P+](Cc1nccnc1C[P+](CCCS(=O)(=O)O)(c1ccccc1)c1ccccc1)(c1ccccc1)c1ccccc1. The van der Waals surface area contributed by atoms with Crippen LogP contribution in [0.15, 0.2) is 134 Å². The van der Waals surface area contributed by atoms with Crippen molar-refractivity contribution in [3.63, 3.8) is 0 Å². The van der Waals surface area contributed by atoms with E-state index in [0.29, 0.717) is 24.6 Å². The molecule has 0 aliphatic rings. The zero-order valence-electron chi connectivity index (χ0n) is 26.5. The van der Waals surface area contributed by atoms with E-state index in [9.17, 15) is 25.9 Å². The summed E-state index contributed by atoms with van der Waals surface area (Å²) in [6.07, 6.45) is 6.01. The van der Waals surface area contributed by atoms with E-state index in [1.807, 2.05) is 72.8 Å². The first kappa shape index (κ1) is 35.9. The van der Waals surface area contributed by atoms with Crippen LogP contribution in [-0.4, -0.2) is 59.7 Å². The van der Waals surface area contributed by atoms with Gasteiger partial charge >= 0.3 is 0 Å². The van der Waals surface area contributed by atoms with E-state index in [-0.39, 0.29) is 24.3 Å². The molecule has 12 heteroatoms. The maximum atomic E-state index is 11.9. The molecule has 1 aromatic heterocycles. The summed E-state index contributed by atoms with van der Waals surface area (Å²) in [5, 5.41) is 4.40. The van der Waals surface area contributed by atoms with E-state index in [1.54, 1.807) is 12.4 Å². The Morgan fingerprint density at radius 1 is 0.458 bits per heavy atom. The molecule has 8 nitrogen and oxygen atoms in total. The van der Waals surface area contributed by atoms with Crippen LogP contribution in [0.25, 0.3) is 0 Å². The van der Waals surface area contributed by atoms with Gasteiger partial charge < -0.3 is 0 Å². The van der Waals surface area contributed by atoms with Gasteiger partial charge in [-0.15, -0.1) is 0 Å². The lowest BCUT2D eigenvalue weighted by Gasteiger charge is -2.30. The molecule has 250 valence electrons. The first-order valence-electron chi connectivity index (χ1n) is 15.7. The molecule has 0 unspecified atom stereocenters. The maximum absolute atomic E-state index is 11.9. The summed E-state index contributed by atoms with van der Waals surface area (Å²) >= 11 is 0. The average Bonchev–Trinajstić information content (AvgIpc) is 3.08. The van der Waals surface area contributed by atoms with Crippen LogP contribution in [0, 0.1) is 0 Å². The normalized spacial score (nSPS) is 12.5. The Hall–Kier alpha value is -3.36. The summed E-state index contributed by atoms with van der Waals surface area (Å²) in [5.74, 6) is -0.682. The van der Waals surface area contributed by atoms with Gasteiger partial charge in [0.05, 0.1) is 59.6 Å². The quantitative estimate of drug-likeness (QED) is 0.103. The van der Waals surface area contributed by atoms with Gasteiger partial charge in [-0.1, -0.05) is 72.8 Å². The van der Waals surface area contributed by atoms with Crippen molar-refractivity contribution < 1.29 is 25.9 Å². The van der Waals surface area contributed by atoms with E-state index < -0.39 is 34.8 Å². The number of hydrogen-bond donors (Lipinski definition) is 2. The largest absolute Gasteiger partial charge is 0.286 e. The number of benzene rings is 4. The minimum absolute atomic E-state index is 0.270. The van der Waals surface area contributed by atoms with Crippen molar-refractivity contribution in [1.82, 2.24) is 9.97 Å². The lowest BCUT2D eigenvalue weighted by molar-refractivity contribution is 0.480. The molecular weight excluding hydrogens is 682 g/mol. The van der Waals surface area contributed by atoms with Gasteiger partial charge in [0.2, 0.25) is 0 Å². The zero-order chi connectivity index (χ0) is 34.1. The standard InChI is InChI=1S/C36H38N2O6P2S2/c39-47(40,41)27-13-25-45(31-15-5-1-6-16-31,32-17-7-2-8-18-32)29-35-36(38-24-23-37-35)30-46(26-14-28-48(42,43)44,33-19-9-3-10-20-33)34-21-11-4-12-22-34/h1-12,15-24H,13-14,25-30H2/p+2. The fourth-order valence-corrected chi connectivity index (χ4v) is 16.4. The predicted octanol–water partition coefficient (Wildman–Crippen LogP) is 5.37. The van der Waals surface area contributed by atoms with Crippen LogP contribution in [0.3, 0.4) is 0 Å². The molecule has 0 radical (unpaired) electrons. The smallest absolute Gasteiger partial charge is 0.264 e. The highest BCUT2D eigenvalue weighted by molar-refractivity contribution is 7.89. The van der Waals surface area contributed by atoms with Gasteiger partial charge in [-0.3, -0.25) is 19.1 Å². The molecule has 0 spiro atoms. The molecule has 0 saturated heterocycles. The first-order chi connectivity index (χ1) is 23.0. The molecule has 0 aliphatic carbocycles. The average molecular weight is 723 g/mol. The van der Waals surface area contributed by atoms with Crippen LogP contribution >= 0.6 is 14.5 Å². The van der Waals surface area contributed by atoms with Gasteiger partial charge in [0.25, 0.3) is 20.2 Å². The van der Waals surface area contributed by atoms with Crippen LogP contribution in [-0.2, 0) is 32.6 Å². The lowest BCUT2D eigenvalue weighted by Crippen LogP contribution is -2.30. The van der Waals surface area contributed by atoms with Crippen molar-refractivity contribution >= 4 is 56.0 Å². The summed E-state index contributed by atoms with van der Waals surface area (Å²) in [7, 11) is -13.1. The van der Waals surface area contributed by atoms with Gasteiger partial charge in [0.15, 0.2) is 0 Å². The van der Waals surface area contributed by atoms with Gasteiger partial charge in [-0.05, 0) is 61.4 Å². The lowest BCUT2D eigenvalue weighted by atomic mass is 10.3. The first-order valence-corrected chi connectivity index (χ1v) is 23.2. The highest BCUT2D eigenvalue weighted by Crippen LogP contribution is 2.62. The highest BCUT2D eigenvalue weighted by Gasteiger charge is 2.47. The fraction of sp³-hybridized carbons (Fsp3) is 0.222. The van der Waals surface area contributed by atoms with Crippen molar-refractivity contribution in [3.8, 4) is 0 Å². The van der Waals surface area contributed by atoms with Crippen molar-refractivity contribution in [1.29, 1.82) is 0 Å². The van der Waals surface area contributed by atoms with Crippen LogP contribution in [0.5, 0.6) is 0 Å². The Morgan fingerprint density at radius 2 is 0.729 bits per heavy atom. The third-order valence-electron chi connectivity index (χ3n) is 8.59. The van der Waals surface area contributed by atoms with Crippen molar-refractivity contribution in [2.45, 2.75) is 25.2 Å². The van der Waals surface area contributed by atoms with Crippen LogP contribution in [0.2, 0.25) is 0 Å². The summed E-state index contributed by atoms with van der Waals surface area (Å²) in [5.41, 5.74) is 1.60. The van der Waals surface area contributed by atoms with Crippen LogP contribution in [0.4, 0.5) is 0 Å². The molecule has 0 atom stereocenters.